The van der Waals surface area contributed by atoms with Crippen molar-refractivity contribution in [3.05, 3.63) is 95.0 Å². The van der Waals surface area contributed by atoms with Crippen molar-refractivity contribution in [3.8, 4) is 0 Å². The van der Waals surface area contributed by atoms with Gasteiger partial charge < -0.3 is 5.32 Å². The Bertz CT molecular complexity index is 1050. The molecule has 0 unspecified atom stereocenters. The van der Waals surface area contributed by atoms with Gasteiger partial charge in [0, 0.05) is 6.26 Å². The fourth-order valence-corrected chi connectivity index (χ4v) is 3.75. The Morgan fingerprint density at radius 3 is 2.00 bits per heavy atom. The maximum atomic E-state index is 12.5. The van der Waals surface area contributed by atoms with Crippen molar-refractivity contribution in [1.29, 1.82) is 0 Å². The second-order valence-electron chi connectivity index (χ2n) is 6.60. The molecule has 0 heterocycles. The van der Waals surface area contributed by atoms with E-state index in [9.17, 15) is 13.2 Å². The quantitative estimate of drug-likeness (QED) is 0.595. The van der Waals surface area contributed by atoms with Crippen LogP contribution in [0.15, 0.2) is 83.8 Å². The molecule has 29 heavy (non-hydrogen) atoms. The van der Waals surface area contributed by atoms with Crippen molar-refractivity contribution >= 4 is 33.0 Å². The smallest absolute Gasteiger partial charge is 0.238 e. The van der Waals surface area contributed by atoms with Gasteiger partial charge in [-0.15, -0.1) is 0 Å². The van der Waals surface area contributed by atoms with Crippen LogP contribution < -0.4 is 10.6 Å². The third kappa shape index (κ3) is 5.67. The molecule has 3 aromatic rings. The monoisotopic (exact) mass is 428 g/mol. The lowest BCUT2D eigenvalue weighted by molar-refractivity contribution is -0.115. The minimum Gasteiger partial charge on any atom is -0.324 e. The topological polar surface area (TPSA) is 75.3 Å². The lowest BCUT2D eigenvalue weighted by atomic mass is 9.99. The van der Waals surface area contributed by atoms with E-state index in [-0.39, 0.29) is 34.1 Å². The third-order valence-corrected chi connectivity index (χ3v) is 5.81. The first-order chi connectivity index (χ1) is 13.8. The number of carbonyl (C=O) groups is 1. The minimum absolute atomic E-state index is 0.0217. The number of halogens is 1. The minimum atomic E-state index is -3.40. The van der Waals surface area contributed by atoms with E-state index in [1.165, 1.54) is 18.2 Å². The SMILES string of the molecule is CS(=O)(=O)c1ccc(Cl)c(NC(=O)CNC(c2ccccc2)c2ccccc2)c1. The van der Waals surface area contributed by atoms with E-state index in [4.69, 9.17) is 11.6 Å². The lowest BCUT2D eigenvalue weighted by Gasteiger charge is -2.20. The standard InChI is InChI=1S/C22H21ClN2O3S/c1-29(27,28)18-12-13-19(23)20(14-18)25-21(26)15-24-22(16-8-4-2-5-9-16)17-10-6-3-7-11-17/h2-14,22,24H,15H2,1H3,(H,25,26). The molecule has 0 aliphatic heterocycles. The van der Waals surface area contributed by atoms with E-state index in [0.29, 0.717) is 0 Å². The van der Waals surface area contributed by atoms with Gasteiger partial charge in [-0.25, -0.2) is 8.42 Å². The fourth-order valence-electron chi connectivity index (χ4n) is 2.94. The maximum absolute atomic E-state index is 12.5. The maximum Gasteiger partial charge on any atom is 0.238 e. The number of nitrogens with one attached hydrogen (secondary N) is 2. The molecule has 0 spiro atoms. The van der Waals surface area contributed by atoms with Gasteiger partial charge in [-0.3, -0.25) is 10.1 Å². The van der Waals surface area contributed by atoms with Crippen molar-refractivity contribution in [2.75, 3.05) is 18.1 Å². The average molecular weight is 429 g/mol. The molecule has 0 aliphatic rings. The zero-order valence-electron chi connectivity index (χ0n) is 15.8. The Balaban J connectivity index is 1.75. The molecule has 0 radical (unpaired) electrons. The van der Waals surface area contributed by atoms with E-state index in [2.05, 4.69) is 10.6 Å². The van der Waals surface area contributed by atoms with Gasteiger partial charge in [0.25, 0.3) is 0 Å². The number of sulfone groups is 1. The van der Waals surface area contributed by atoms with Gasteiger partial charge in [-0.05, 0) is 29.3 Å². The Morgan fingerprint density at radius 2 is 1.48 bits per heavy atom. The van der Waals surface area contributed by atoms with Gasteiger partial charge in [0.2, 0.25) is 5.91 Å². The summed E-state index contributed by atoms with van der Waals surface area (Å²) in [7, 11) is -3.40. The van der Waals surface area contributed by atoms with Crippen LogP contribution in [0.25, 0.3) is 0 Å². The number of benzene rings is 3. The van der Waals surface area contributed by atoms with Crippen LogP contribution in [-0.4, -0.2) is 27.1 Å². The molecule has 5 nitrogen and oxygen atoms in total. The van der Waals surface area contributed by atoms with Crippen LogP contribution in [0.1, 0.15) is 17.2 Å². The fraction of sp³-hybridized carbons (Fsp3) is 0.136. The molecule has 0 aliphatic carbocycles. The molecule has 3 rings (SSSR count). The van der Waals surface area contributed by atoms with E-state index < -0.39 is 9.84 Å². The van der Waals surface area contributed by atoms with Crippen LogP contribution in [0.2, 0.25) is 5.02 Å². The Kier molecular flexibility index (Phi) is 6.69. The number of rotatable bonds is 7. The summed E-state index contributed by atoms with van der Waals surface area (Å²) in [6, 6.07) is 23.7. The van der Waals surface area contributed by atoms with E-state index in [0.717, 1.165) is 17.4 Å². The zero-order valence-corrected chi connectivity index (χ0v) is 17.4. The van der Waals surface area contributed by atoms with Gasteiger partial charge in [0.15, 0.2) is 9.84 Å². The summed E-state index contributed by atoms with van der Waals surface area (Å²) in [4.78, 5) is 12.6. The molecule has 0 fully saturated rings. The van der Waals surface area contributed by atoms with Gasteiger partial charge >= 0.3 is 0 Å². The molecule has 2 N–H and O–H groups in total. The molecule has 150 valence electrons. The predicted molar refractivity (Wildman–Crippen MR) is 116 cm³/mol. The highest BCUT2D eigenvalue weighted by Crippen LogP contribution is 2.25. The average Bonchev–Trinajstić information content (AvgIpc) is 2.70. The normalized spacial score (nSPS) is 11.4. The van der Waals surface area contributed by atoms with Crippen LogP contribution in [0.3, 0.4) is 0 Å². The van der Waals surface area contributed by atoms with E-state index in [1.54, 1.807) is 0 Å². The molecular formula is C22H21ClN2O3S. The summed E-state index contributed by atoms with van der Waals surface area (Å²) in [6.45, 7) is 0.0217. The number of anilines is 1. The molecule has 7 heteroatoms. The number of hydrogen-bond acceptors (Lipinski definition) is 4. The highest BCUT2D eigenvalue weighted by molar-refractivity contribution is 7.90. The van der Waals surface area contributed by atoms with E-state index in [1.807, 2.05) is 60.7 Å². The molecule has 0 atom stereocenters. The molecular weight excluding hydrogens is 408 g/mol. The Labute approximate surface area is 175 Å². The molecule has 0 bridgehead atoms. The van der Waals surface area contributed by atoms with Crippen LogP contribution in [0, 0.1) is 0 Å². The van der Waals surface area contributed by atoms with Crippen molar-refractivity contribution in [3.63, 3.8) is 0 Å². The predicted octanol–water partition coefficient (Wildman–Crippen LogP) is 4.06. The molecule has 0 aromatic heterocycles. The summed E-state index contributed by atoms with van der Waals surface area (Å²) >= 11 is 6.11. The van der Waals surface area contributed by atoms with Crippen LogP contribution in [0.4, 0.5) is 5.69 Å². The van der Waals surface area contributed by atoms with Gasteiger partial charge in [-0.1, -0.05) is 72.3 Å². The number of amides is 1. The van der Waals surface area contributed by atoms with Gasteiger partial charge in [0.1, 0.15) is 0 Å². The molecule has 0 saturated heterocycles. The van der Waals surface area contributed by atoms with Crippen LogP contribution in [0.5, 0.6) is 0 Å². The zero-order chi connectivity index (χ0) is 20.9. The van der Waals surface area contributed by atoms with Gasteiger partial charge in [-0.2, -0.15) is 0 Å². The van der Waals surface area contributed by atoms with Crippen molar-refractivity contribution in [1.82, 2.24) is 5.32 Å². The summed E-state index contributed by atoms with van der Waals surface area (Å²) < 4.78 is 23.5. The highest BCUT2D eigenvalue weighted by Gasteiger charge is 2.16. The van der Waals surface area contributed by atoms with Gasteiger partial charge in [0.05, 0.1) is 28.2 Å². The largest absolute Gasteiger partial charge is 0.324 e. The molecule has 1 amide bonds. The Morgan fingerprint density at radius 1 is 0.931 bits per heavy atom. The second-order valence-corrected chi connectivity index (χ2v) is 9.02. The van der Waals surface area contributed by atoms with Crippen LogP contribution >= 0.6 is 11.6 Å². The lowest BCUT2D eigenvalue weighted by Crippen LogP contribution is -2.32. The third-order valence-electron chi connectivity index (χ3n) is 4.37. The summed E-state index contributed by atoms with van der Waals surface area (Å²) in [5.74, 6) is -0.325. The number of hydrogen-bond donors (Lipinski definition) is 2. The second kappa shape index (κ2) is 9.22. The number of carbonyl (C=O) groups excluding carboxylic acids is 1. The van der Waals surface area contributed by atoms with Crippen molar-refractivity contribution in [2.24, 2.45) is 0 Å². The first kappa shape index (κ1) is 21.0. The first-order valence-corrected chi connectivity index (χ1v) is 11.2. The van der Waals surface area contributed by atoms with Crippen LogP contribution in [-0.2, 0) is 14.6 Å². The molecule has 3 aromatic carbocycles. The van der Waals surface area contributed by atoms with Crippen molar-refractivity contribution in [2.45, 2.75) is 10.9 Å². The summed E-state index contributed by atoms with van der Waals surface area (Å²) in [6.07, 6.45) is 1.10. The summed E-state index contributed by atoms with van der Waals surface area (Å²) in [5.41, 5.74) is 2.32. The van der Waals surface area contributed by atoms with Crippen molar-refractivity contribution < 1.29 is 13.2 Å². The highest BCUT2D eigenvalue weighted by atomic mass is 35.5. The van der Waals surface area contributed by atoms with E-state index >= 15 is 0 Å². The molecule has 0 saturated carbocycles. The Hall–Kier alpha value is -2.67. The first-order valence-electron chi connectivity index (χ1n) is 8.97. The summed E-state index contributed by atoms with van der Waals surface area (Å²) in [5, 5.41) is 6.22.